The zero-order valence-electron chi connectivity index (χ0n) is 30.1. The van der Waals surface area contributed by atoms with Gasteiger partial charge in [0, 0.05) is 42.6 Å². The quantitative estimate of drug-likeness (QED) is 0.127. The van der Waals surface area contributed by atoms with Gasteiger partial charge in [0.25, 0.3) is 0 Å². The predicted octanol–water partition coefficient (Wildman–Crippen LogP) is 12.4. The Balaban J connectivity index is 0.000000182. The second-order valence-electron chi connectivity index (χ2n) is 14.0. The van der Waals surface area contributed by atoms with E-state index in [1.165, 1.54) is 44.6 Å². The number of halogens is 1. The van der Waals surface area contributed by atoms with Crippen LogP contribution in [0.1, 0.15) is 16.7 Å². The van der Waals surface area contributed by atoms with E-state index in [2.05, 4.69) is 130 Å². The van der Waals surface area contributed by atoms with Crippen molar-refractivity contribution >= 4 is 44.8 Å². The van der Waals surface area contributed by atoms with Crippen LogP contribution in [0.25, 0.3) is 64.9 Å². The zero-order valence-corrected chi connectivity index (χ0v) is 34.3. The Morgan fingerprint density at radius 3 is 2.15 bits per heavy atom. The normalized spacial score (nSPS) is 11.2. The molecule has 0 saturated carbocycles. The molecule has 0 unspecified atom stereocenters. The number of thiophene rings is 1. The van der Waals surface area contributed by atoms with Crippen LogP contribution >= 0.6 is 11.3 Å². The summed E-state index contributed by atoms with van der Waals surface area (Å²) in [4.78, 5) is 9.34. The van der Waals surface area contributed by atoms with Crippen molar-refractivity contribution in [3.8, 4) is 44.8 Å². The minimum absolute atomic E-state index is 0. The van der Waals surface area contributed by atoms with E-state index in [0.29, 0.717) is 5.39 Å². The van der Waals surface area contributed by atoms with Crippen LogP contribution in [-0.2, 0) is 20.1 Å². The monoisotopic (exact) mass is 891 g/mol. The molecule has 0 aliphatic rings. The summed E-state index contributed by atoms with van der Waals surface area (Å²) in [5.41, 5.74) is 12.5. The van der Waals surface area contributed by atoms with Crippen molar-refractivity contribution in [3.05, 3.63) is 162 Å². The summed E-state index contributed by atoms with van der Waals surface area (Å²) in [6, 6.07) is 45.1. The molecule has 0 aliphatic carbocycles. The molecule has 3 aromatic heterocycles. The maximum atomic E-state index is 14.5. The summed E-state index contributed by atoms with van der Waals surface area (Å²) >= 11 is 1.60. The summed E-state index contributed by atoms with van der Waals surface area (Å²) in [7, 11) is -1.46. The van der Waals surface area contributed by atoms with Gasteiger partial charge in [-0.2, -0.15) is 11.3 Å². The number of fused-ring (bicyclic) bond motifs is 3. The number of benzene rings is 5. The fraction of sp³-hybridized carbons (Fsp3) is 0.130. The van der Waals surface area contributed by atoms with Gasteiger partial charge in [-0.3, -0.25) is 0 Å². The topological polar surface area (TPSA) is 25.8 Å². The molecule has 5 aromatic carbocycles. The largest absolute Gasteiger partial charge is 0.305 e. The SMILES string of the molecule is C[Si](C)(C)c1cnc(-c2[c-]cccc2)cc1-c1ccccc1.Cc1cc(C)c(-c2ccnc(-c3[c-]ccc4c3sc3cccc(F)c34)c2)c(C)c1.[Ir]. The number of hydrogen-bond donors (Lipinski definition) is 0. The van der Waals surface area contributed by atoms with Crippen molar-refractivity contribution in [1.29, 1.82) is 0 Å². The van der Waals surface area contributed by atoms with E-state index in [4.69, 9.17) is 4.98 Å². The smallest absolute Gasteiger partial charge is 0.130 e. The summed E-state index contributed by atoms with van der Waals surface area (Å²) < 4.78 is 16.4. The fourth-order valence-electron chi connectivity index (χ4n) is 6.91. The minimum atomic E-state index is -1.46. The third-order valence-electron chi connectivity index (χ3n) is 9.17. The van der Waals surface area contributed by atoms with E-state index in [1.807, 2.05) is 42.6 Å². The Bertz CT molecular complexity index is 2480. The molecule has 0 fully saturated rings. The number of nitrogens with zero attached hydrogens (tertiary/aromatic N) is 2. The molecule has 52 heavy (non-hydrogen) atoms. The van der Waals surface area contributed by atoms with Crippen LogP contribution in [0.2, 0.25) is 19.6 Å². The van der Waals surface area contributed by atoms with Gasteiger partial charge in [0.1, 0.15) is 5.82 Å². The average molecular weight is 891 g/mol. The van der Waals surface area contributed by atoms with Gasteiger partial charge in [-0.05, 0) is 93.6 Å². The molecular formula is C46H39FIrN2SSi-2. The first kappa shape index (κ1) is 37.2. The third-order valence-corrected chi connectivity index (χ3v) is 12.4. The number of pyridine rings is 2. The summed E-state index contributed by atoms with van der Waals surface area (Å²) in [6.07, 6.45) is 3.93. The van der Waals surface area contributed by atoms with E-state index in [9.17, 15) is 4.39 Å². The van der Waals surface area contributed by atoms with Crippen molar-refractivity contribution < 1.29 is 24.5 Å². The molecule has 0 amide bonds. The molecule has 0 aliphatic heterocycles. The molecule has 0 N–H and O–H groups in total. The molecule has 1 radical (unpaired) electrons. The van der Waals surface area contributed by atoms with Gasteiger partial charge in [0.15, 0.2) is 0 Å². The third kappa shape index (κ3) is 7.62. The van der Waals surface area contributed by atoms with Gasteiger partial charge in [0.05, 0.1) is 8.07 Å². The minimum Gasteiger partial charge on any atom is -0.305 e. The molecule has 6 heteroatoms. The Hall–Kier alpha value is -4.58. The van der Waals surface area contributed by atoms with Crippen LogP contribution in [0.5, 0.6) is 0 Å². The van der Waals surface area contributed by atoms with Crippen molar-refractivity contribution in [1.82, 2.24) is 9.97 Å². The van der Waals surface area contributed by atoms with Gasteiger partial charge < -0.3 is 9.97 Å². The Morgan fingerprint density at radius 2 is 1.44 bits per heavy atom. The molecule has 0 atom stereocenters. The van der Waals surface area contributed by atoms with Gasteiger partial charge in [-0.15, -0.1) is 59.7 Å². The number of aryl methyl sites for hydroxylation is 3. The van der Waals surface area contributed by atoms with E-state index in [1.54, 1.807) is 17.4 Å². The Labute approximate surface area is 324 Å². The number of hydrogen-bond acceptors (Lipinski definition) is 3. The standard InChI is InChI=1S/C26H19FNS.C20H20NSi.Ir/c1-15-12-16(2)24(17(3)13-15)18-10-11-28-22(14-18)19-6-4-7-20-25-21(27)8-5-9-23(25)29-26(19)20;1-22(2,3)20-15-21-19(17-12-8-5-9-13-17)14-18(20)16-10-6-4-7-11-16;/h4-5,7-14H,1-3H3;4-12,14-15H,1-3H3;/q2*-1;. The molecule has 8 aromatic rings. The molecule has 8 rings (SSSR count). The fourth-order valence-corrected chi connectivity index (χ4v) is 9.60. The maximum absolute atomic E-state index is 14.5. The van der Waals surface area contributed by atoms with Gasteiger partial charge in [0.2, 0.25) is 0 Å². The van der Waals surface area contributed by atoms with Crippen molar-refractivity contribution in [2.75, 3.05) is 0 Å². The number of rotatable bonds is 5. The number of aromatic nitrogens is 2. The molecule has 261 valence electrons. The van der Waals surface area contributed by atoms with E-state index in [-0.39, 0.29) is 25.9 Å². The molecule has 0 spiro atoms. The molecular weight excluding hydrogens is 852 g/mol. The van der Waals surface area contributed by atoms with E-state index >= 15 is 0 Å². The van der Waals surface area contributed by atoms with Crippen molar-refractivity contribution in [2.45, 2.75) is 40.4 Å². The van der Waals surface area contributed by atoms with Crippen molar-refractivity contribution in [2.24, 2.45) is 0 Å². The van der Waals surface area contributed by atoms with Gasteiger partial charge in [-0.1, -0.05) is 91.3 Å². The zero-order chi connectivity index (χ0) is 35.7. The molecule has 0 bridgehead atoms. The second kappa shape index (κ2) is 15.6. The first-order chi connectivity index (χ1) is 24.6. The second-order valence-corrected chi connectivity index (χ2v) is 20.1. The van der Waals surface area contributed by atoms with Crippen LogP contribution in [-0.4, -0.2) is 18.0 Å². The Morgan fingerprint density at radius 1 is 0.692 bits per heavy atom. The van der Waals surface area contributed by atoms with Crippen LogP contribution in [0.15, 0.2) is 128 Å². The summed E-state index contributed by atoms with van der Waals surface area (Å²) in [5.74, 6) is -0.182. The molecule has 2 nitrogen and oxygen atoms in total. The van der Waals surface area contributed by atoms with Gasteiger partial charge >= 0.3 is 0 Å². The van der Waals surface area contributed by atoms with Gasteiger partial charge in [-0.25, -0.2) is 4.39 Å². The van der Waals surface area contributed by atoms with Crippen LogP contribution in [0, 0.1) is 38.7 Å². The predicted molar refractivity (Wildman–Crippen MR) is 218 cm³/mol. The molecule has 0 saturated heterocycles. The van der Waals surface area contributed by atoms with Crippen LogP contribution < -0.4 is 5.19 Å². The first-order valence-electron chi connectivity index (χ1n) is 17.2. The van der Waals surface area contributed by atoms with Crippen LogP contribution in [0.4, 0.5) is 4.39 Å². The summed E-state index contributed by atoms with van der Waals surface area (Å²) in [6.45, 7) is 13.5. The van der Waals surface area contributed by atoms with E-state index in [0.717, 1.165) is 42.9 Å². The summed E-state index contributed by atoms with van der Waals surface area (Å²) in [5, 5.41) is 3.01. The first-order valence-corrected chi connectivity index (χ1v) is 21.5. The van der Waals surface area contributed by atoms with Crippen molar-refractivity contribution in [3.63, 3.8) is 0 Å². The Kier molecular flexibility index (Phi) is 11.1. The average Bonchev–Trinajstić information content (AvgIpc) is 3.52. The molecule has 3 heterocycles. The van der Waals surface area contributed by atoms with E-state index < -0.39 is 8.07 Å². The van der Waals surface area contributed by atoms with Crippen LogP contribution in [0.3, 0.4) is 0 Å². The maximum Gasteiger partial charge on any atom is 0.130 e.